The van der Waals surface area contributed by atoms with E-state index in [4.69, 9.17) is 15.2 Å². The molecule has 0 aromatic heterocycles. The summed E-state index contributed by atoms with van der Waals surface area (Å²) in [6.45, 7) is 4.47. The first-order valence-electron chi connectivity index (χ1n) is 12.3. The number of amides is 1. The van der Waals surface area contributed by atoms with Gasteiger partial charge in [-0.15, -0.1) is 0 Å². The Morgan fingerprint density at radius 1 is 1.12 bits per heavy atom. The molecule has 5 fully saturated rings. The lowest BCUT2D eigenvalue weighted by atomic mass is 9.56. The van der Waals surface area contributed by atoms with Gasteiger partial charge >= 0.3 is 0 Å². The third-order valence-electron chi connectivity index (χ3n) is 9.48. The van der Waals surface area contributed by atoms with Crippen molar-refractivity contribution in [2.45, 2.75) is 87.9 Å². The van der Waals surface area contributed by atoms with E-state index in [1.165, 1.54) is 0 Å². The Hall–Kier alpha value is -1.79. The molecule has 6 nitrogen and oxygen atoms in total. The van der Waals surface area contributed by atoms with E-state index in [0.717, 1.165) is 55.4 Å². The maximum atomic E-state index is 12.4. The average molecular weight is 442 g/mol. The molecule has 2 saturated heterocycles. The van der Waals surface area contributed by atoms with Crippen LogP contribution in [0.5, 0.6) is 11.5 Å². The van der Waals surface area contributed by atoms with Crippen LogP contribution in [-0.2, 0) is 15.1 Å². The van der Waals surface area contributed by atoms with Crippen LogP contribution in [0.3, 0.4) is 0 Å². The summed E-state index contributed by atoms with van der Waals surface area (Å²) in [5.41, 5.74) is 5.83. The predicted octanol–water partition coefficient (Wildman–Crippen LogP) is 3.72. The molecule has 6 heteroatoms. The largest absolute Gasteiger partial charge is 0.508 e. The van der Waals surface area contributed by atoms with Gasteiger partial charge in [0.25, 0.3) is 0 Å². The van der Waals surface area contributed by atoms with Crippen molar-refractivity contribution >= 4 is 5.91 Å². The Balaban J connectivity index is 1.43. The van der Waals surface area contributed by atoms with Crippen LogP contribution in [0.15, 0.2) is 12.1 Å². The molecule has 0 radical (unpaired) electrons. The van der Waals surface area contributed by atoms with Crippen LogP contribution in [0.4, 0.5) is 0 Å². The van der Waals surface area contributed by atoms with Crippen LogP contribution in [0.1, 0.15) is 82.3 Å². The highest BCUT2D eigenvalue weighted by Crippen LogP contribution is 2.63. The van der Waals surface area contributed by atoms with Crippen molar-refractivity contribution in [3.8, 4) is 11.5 Å². The molecule has 6 aliphatic rings. The third-order valence-corrected chi connectivity index (χ3v) is 9.48. The molecule has 1 aromatic carbocycles. The minimum absolute atomic E-state index is 0.169. The van der Waals surface area contributed by atoms with Crippen molar-refractivity contribution in [3.63, 3.8) is 0 Å². The van der Waals surface area contributed by atoms with Crippen molar-refractivity contribution < 1.29 is 24.5 Å². The monoisotopic (exact) mass is 441 g/mol. The van der Waals surface area contributed by atoms with E-state index in [0.29, 0.717) is 30.6 Å². The summed E-state index contributed by atoms with van der Waals surface area (Å²) < 4.78 is 13.2. The molecule has 3 heterocycles. The Morgan fingerprint density at radius 3 is 2.50 bits per heavy atom. The molecule has 7 rings (SSSR count). The lowest BCUT2D eigenvalue weighted by Gasteiger charge is -2.61. The summed E-state index contributed by atoms with van der Waals surface area (Å²) in [5, 5.41) is 21.1. The van der Waals surface area contributed by atoms with Gasteiger partial charge in [-0.3, -0.25) is 4.79 Å². The predicted molar refractivity (Wildman–Crippen MR) is 118 cm³/mol. The van der Waals surface area contributed by atoms with Gasteiger partial charge in [0, 0.05) is 18.1 Å². The number of aliphatic hydroxyl groups is 1. The maximum Gasteiger partial charge on any atom is 0.249 e. The topological polar surface area (TPSA) is 102 Å². The van der Waals surface area contributed by atoms with Crippen LogP contribution in [-0.4, -0.2) is 33.9 Å². The molecule has 4 bridgehead atoms. The number of carbonyl (C=O) groups is 1. The van der Waals surface area contributed by atoms with Gasteiger partial charge in [0.1, 0.15) is 22.7 Å². The summed E-state index contributed by atoms with van der Waals surface area (Å²) in [4.78, 5) is 12.4. The highest BCUT2D eigenvalue weighted by Gasteiger charge is 2.62. The van der Waals surface area contributed by atoms with Crippen molar-refractivity contribution in [2.75, 3.05) is 6.61 Å². The molecule has 4 N–H and O–H groups in total. The van der Waals surface area contributed by atoms with E-state index in [1.54, 1.807) is 0 Å². The van der Waals surface area contributed by atoms with Gasteiger partial charge in [-0.05, 0) is 107 Å². The number of aliphatic hydroxyl groups excluding tert-OH is 1. The molecule has 1 aromatic rings. The van der Waals surface area contributed by atoms with E-state index in [-0.39, 0.29) is 35.7 Å². The molecule has 32 heavy (non-hydrogen) atoms. The lowest BCUT2D eigenvalue weighted by molar-refractivity contribution is -0.269. The lowest BCUT2D eigenvalue weighted by Crippen LogP contribution is -2.64. The summed E-state index contributed by atoms with van der Waals surface area (Å²) in [6.07, 6.45) is 7.13. The van der Waals surface area contributed by atoms with E-state index < -0.39 is 11.2 Å². The minimum Gasteiger partial charge on any atom is -0.508 e. The van der Waals surface area contributed by atoms with Crippen LogP contribution >= 0.6 is 0 Å². The van der Waals surface area contributed by atoms with Crippen LogP contribution in [0.2, 0.25) is 0 Å². The number of benzene rings is 1. The first kappa shape index (κ1) is 20.8. The zero-order chi connectivity index (χ0) is 22.5. The first-order chi connectivity index (χ1) is 15.1. The van der Waals surface area contributed by atoms with Crippen LogP contribution < -0.4 is 10.5 Å². The molecule has 1 amide bonds. The fourth-order valence-electron chi connectivity index (χ4n) is 8.33. The Kier molecular flexibility index (Phi) is 4.31. The normalized spacial score (nSPS) is 43.3. The molecule has 3 saturated carbocycles. The quantitative estimate of drug-likeness (QED) is 0.664. The SMILES string of the molecule is CC1(C)Oc2cc(C34CC5CC(CC(C(N)=O)(C5)O3)C4)cc(O)c2[C@@H]2C[C@H](CO)CC[C@H]21. The van der Waals surface area contributed by atoms with E-state index in [2.05, 4.69) is 19.9 Å². The number of primary amides is 1. The average Bonchev–Trinajstić information content (AvgIpc) is 2.71. The van der Waals surface area contributed by atoms with Crippen molar-refractivity contribution in [1.29, 1.82) is 0 Å². The first-order valence-corrected chi connectivity index (χ1v) is 12.3. The van der Waals surface area contributed by atoms with Crippen molar-refractivity contribution in [1.82, 2.24) is 0 Å². The van der Waals surface area contributed by atoms with E-state index in [1.807, 2.05) is 6.07 Å². The number of carbonyl (C=O) groups excluding carboxylic acids is 1. The number of phenols is 1. The molecule has 2 unspecified atom stereocenters. The zero-order valence-electron chi connectivity index (χ0n) is 19.1. The molecule has 5 atom stereocenters. The van der Waals surface area contributed by atoms with Crippen LogP contribution in [0.25, 0.3) is 0 Å². The number of aromatic hydroxyl groups is 1. The highest BCUT2D eigenvalue weighted by atomic mass is 16.5. The van der Waals surface area contributed by atoms with Crippen molar-refractivity contribution in [2.24, 2.45) is 29.4 Å². The Bertz CT molecular complexity index is 957. The summed E-state index contributed by atoms with van der Waals surface area (Å²) in [6, 6.07) is 3.93. The number of nitrogens with two attached hydrogens (primary N) is 1. The number of phenolic OH excluding ortho intramolecular Hbond substituents is 1. The fraction of sp³-hybridized carbons (Fsp3) is 0.731. The Labute approximate surface area is 189 Å². The second-order valence-electron chi connectivity index (χ2n) is 11.9. The maximum absolute atomic E-state index is 12.4. The standard InChI is InChI=1S/C26H35NO5/c1-24(2)19-4-3-14(13-28)6-18(19)22-20(29)7-17(8-21(22)31-24)25-9-15-5-16(10-25)12-26(11-15,32-25)23(27)30/h7-8,14-16,18-19,28-29H,3-6,9-13H2,1-2H3,(H2,27,30)/t14-,15?,16?,18-,19-,25?,26?/m1/s1. The molecule has 3 aliphatic carbocycles. The summed E-state index contributed by atoms with van der Waals surface area (Å²) in [5.74, 6) is 2.23. The van der Waals surface area contributed by atoms with Gasteiger partial charge in [-0.25, -0.2) is 0 Å². The fourth-order valence-corrected chi connectivity index (χ4v) is 8.33. The van der Waals surface area contributed by atoms with Gasteiger partial charge < -0.3 is 25.4 Å². The number of rotatable bonds is 3. The smallest absolute Gasteiger partial charge is 0.249 e. The molecular formula is C26H35NO5. The van der Waals surface area contributed by atoms with Gasteiger partial charge in [-0.1, -0.05) is 0 Å². The molecule has 0 spiro atoms. The van der Waals surface area contributed by atoms with E-state index in [9.17, 15) is 15.0 Å². The number of ether oxygens (including phenoxy) is 2. The summed E-state index contributed by atoms with van der Waals surface area (Å²) >= 11 is 0. The second-order valence-corrected chi connectivity index (χ2v) is 11.9. The molecular weight excluding hydrogens is 406 g/mol. The van der Waals surface area contributed by atoms with Crippen LogP contribution in [0, 0.1) is 23.7 Å². The van der Waals surface area contributed by atoms with Gasteiger partial charge in [0.05, 0.1) is 5.60 Å². The van der Waals surface area contributed by atoms with Crippen molar-refractivity contribution in [3.05, 3.63) is 23.3 Å². The number of hydrogen-bond donors (Lipinski definition) is 3. The minimum atomic E-state index is -0.876. The van der Waals surface area contributed by atoms with E-state index >= 15 is 0 Å². The van der Waals surface area contributed by atoms with Gasteiger partial charge in [-0.2, -0.15) is 0 Å². The number of hydrogen-bond acceptors (Lipinski definition) is 5. The second kappa shape index (κ2) is 6.63. The van der Waals surface area contributed by atoms with Gasteiger partial charge in [0.15, 0.2) is 0 Å². The third kappa shape index (κ3) is 2.81. The highest BCUT2D eigenvalue weighted by molar-refractivity contribution is 5.84. The van der Waals surface area contributed by atoms with Gasteiger partial charge in [0.2, 0.25) is 5.91 Å². The molecule has 3 aliphatic heterocycles. The Morgan fingerprint density at radius 2 is 1.84 bits per heavy atom. The zero-order valence-corrected chi connectivity index (χ0v) is 19.1. The number of fused-ring (bicyclic) bond motifs is 3. The molecule has 174 valence electrons. The summed E-state index contributed by atoms with van der Waals surface area (Å²) in [7, 11) is 0.